The fraction of sp³-hybridized carbons (Fsp3) is 0.240. The maximum Gasteiger partial charge on any atom is 0.162 e. The van der Waals surface area contributed by atoms with Crippen LogP contribution in [0, 0.1) is 0 Å². The lowest BCUT2D eigenvalue weighted by molar-refractivity contribution is 0.135. The van der Waals surface area contributed by atoms with Gasteiger partial charge in [-0.1, -0.05) is 54.6 Å². The van der Waals surface area contributed by atoms with Gasteiger partial charge < -0.3 is 14.6 Å². The molecule has 0 saturated carbocycles. The highest BCUT2D eigenvalue weighted by Crippen LogP contribution is 2.34. The number of ether oxygens (including phenoxy) is 2. The molecule has 0 fully saturated rings. The van der Waals surface area contributed by atoms with Crippen LogP contribution >= 0.6 is 0 Å². The van der Waals surface area contributed by atoms with E-state index >= 15 is 0 Å². The van der Waals surface area contributed by atoms with Crippen molar-refractivity contribution < 1.29 is 14.6 Å². The van der Waals surface area contributed by atoms with Gasteiger partial charge >= 0.3 is 0 Å². The Balaban J connectivity index is 1.80. The van der Waals surface area contributed by atoms with Crippen LogP contribution in [0.2, 0.25) is 0 Å². The zero-order chi connectivity index (χ0) is 20.5. The smallest absolute Gasteiger partial charge is 0.162 e. The molecule has 150 valence electrons. The Morgan fingerprint density at radius 1 is 0.931 bits per heavy atom. The van der Waals surface area contributed by atoms with Crippen molar-refractivity contribution in [2.24, 2.45) is 0 Å². The van der Waals surface area contributed by atoms with E-state index in [-0.39, 0.29) is 12.2 Å². The van der Waals surface area contributed by atoms with Crippen molar-refractivity contribution in [1.82, 2.24) is 4.98 Å². The van der Waals surface area contributed by atoms with E-state index in [1.54, 1.807) is 26.4 Å². The summed E-state index contributed by atoms with van der Waals surface area (Å²) >= 11 is 0. The van der Waals surface area contributed by atoms with E-state index in [0.717, 1.165) is 16.7 Å². The van der Waals surface area contributed by atoms with E-state index in [9.17, 15) is 5.11 Å². The number of hydrogen-bond donors (Lipinski definition) is 1. The van der Waals surface area contributed by atoms with Gasteiger partial charge in [-0.25, -0.2) is 0 Å². The summed E-state index contributed by atoms with van der Waals surface area (Å²) in [6.45, 7) is 1.79. The number of pyridine rings is 1. The molecule has 0 spiro atoms. The lowest BCUT2D eigenvalue weighted by atomic mass is 10.0. The molecule has 0 bridgehead atoms. The van der Waals surface area contributed by atoms with Gasteiger partial charge in [-0.3, -0.25) is 4.98 Å². The van der Waals surface area contributed by atoms with Crippen molar-refractivity contribution in [3.8, 4) is 11.5 Å². The Hall–Kier alpha value is -3.11. The molecular formula is C25H27NO3. The number of benzene rings is 2. The maximum atomic E-state index is 9.70. The molecule has 2 aromatic carbocycles. The average Bonchev–Trinajstić information content (AvgIpc) is 2.76. The Morgan fingerprint density at radius 2 is 1.72 bits per heavy atom. The molecule has 4 nitrogen and oxygen atoms in total. The van der Waals surface area contributed by atoms with Gasteiger partial charge in [-0.05, 0) is 49.1 Å². The van der Waals surface area contributed by atoms with Crippen LogP contribution in [0.5, 0.6) is 11.5 Å². The normalized spacial score (nSPS) is 13.2. The summed E-state index contributed by atoms with van der Waals surface area (Å²) in [5, 5.41) is 9.70. The number of aliphatic hydroxyl groups excluding tert-OH is 1. The van der Waals surface area contributed by atoms with E-state index in [4.69, 9.17) is 9.47 Å². The minimum atomic E-state index is -0.384. The van der Waals surface area contributed by atoms with Crippen LogP contribution in [0.3, 0.4) is 0 Å². The van der Waals surface area contributed by atoms with Crippen molar-refractivity contribution in [3.05, 3.63) is 89.7 Å². The predicted octanol–water partition coefficient (Wildman–Crippen LogP) is 5.54. The molecule has 2 unspecified atom stereocenters. The highest BCUT2D eigenvalue weighted by molar-refractivity contribution is 5.70. The Morgan fingerprint density at radius 3 is 2.41 bits per heavy atom. The molecule has 1 aromatic heterocycles. The van der Waals surface area contributed by atoms with E-state index in [2.05, 4.69) is 23.2 Å². The van der Waals surface area contributed by atoms with Gasteiger partial charge in [0, 0.05) is 18.0 Å². The van der Waals surface area contributed by atoms with Crippen molar-refractivity contribution in [2.45, 2.75) is 32.0 Å². The molecule has 0 aliphatic carbocycles. The first-order chi connectivity index (χ1) is 14.2. The third-order valence-electron chi connectivity index (χ3n) is 4.63. The lowest BCUT2D eigenvalue weighted by Crippen LogP contribution is -2.12. The maximum absolute atomic E-state index is 9.70. The molecule has 1 heterocycles. The second-order valence-corrected chi connectivity index (χ2v) is 6.97. The minimum Gasteiger partial charge on any atom is -0.493 e. The number of rotatable bonds is 9. The summed E-state index contributed by atoms with van der Waals surface area (Å²) in [5.74, 6) is 1.34. The van der Waals surface area contributed by atoms with Crippen molar-refractivity contribution >= 4 is 12.2 Å². The molecule has 0 saturated heterocycles. The molecule has 4 heteroatoms. The number of aromatic nitrogens is 1. The fourth-order valence-corrected chi connectivity index (χ4v) is 3.05. The van der Waals surface area contributed by atoms with Gasteiger partial charge in [-0.2, -0.15) is 0 Å². The first kappa shape index (κ1) is 20.6. The molecule has 29 heavy (non-hydrogen) atoms. The summed E-state index contributed by atoms with van der Waals surface area (Å²) in [6, 6.07) is 19.9. The van der Waals surface area contributed by atoms with Crippen LogP contribution in [0.15, 0.2) is 73.1 Å². The SMILES string of the molecule is COc1cc(/C=C/c2ccccc2)ccc1OC(CCC(C)O)c1cccnc1. The van der Waals surface area contributed by atoms with Crippen LogP contribution < -0.4 is 9.47 Å². The van der Waals surface area contributed by atoms with Gasteiger partial charge in [0.2, 0.25) is 0 Å². The van der Waals surface area contributed by atoms with Crippen LogP contribution in [0.4, 0.5) is 0 Å². The average molecular weight is 389 g/mol. The highest BCUT2D eigenvalue weighted by atomic mass is 16.5. The first-order valence-corrected chi connectivity index (χ1v) is 9.81. The van der Waals surface area contributed by atoms with Gasteiger partial charge in [0.25, 0.3) is 0 Å². The molecule has 0 amide bonds. The third-order valence-corrected chi connectivity index (χ3v) is 4.63. The molecule has 3 aromatic rings. The minimum absolute atomic E-state index is 0.210. The van der Waals surface area contributed by atoms with E-state index in [1.807, 2.05) is 54.6 Å². The molecule has 0 aliphatic heterocycles. The molecule has 2 atom stereocenters. The second-order valence-electron chi connectivity index (χ2n) is 6.97. The van der Waals surface area contributed by atoms with Crippen molar-refractivity contribution in [1.29, 1.82) is 0 Å². The van der Waals surface area contributed by atoms with Crippen molar-refractivity contribution in [2.75, 3.05) is 7.11 Å². The zero-order valence-corrected chi connectivity index (χ0v) is 16.9. The number of methoxy groups -OCH3 is 1. The summed E-state index contributed by atoms with van der Waals surface area (Å²) in [6.07, 6.45) is 8.38. The van der Waals surface area contributed by atoms with Crippen molar-refractivity contribution in [3.63, 3.8) is 0 Å². The largest absolute Gasteiger partial charge is 0.493 e. The summed E-state index contributed by atoms with van der Waals surface area (Å²) in [4.78, 5) is 4.20. The lowest BCUT2D eigenvalue weighted by Gasteiger charge is -2.21. The number of nitrogens with zero attached hydrogens (tertiary/aromatic N) is 1. The predicted molar refractivity (Wildman–Crippen MR) is 117 cm³/mol. The topological polar surface area (TPSA) is 51.6 Å². The van der Waals surface area contributed by atoms with Crippen LogP contribution in [0.25, 0.3) is 12.2 Å². The quantitative estimate of drug-likeness (QED) is 0.488. The second kappa shape index (κ2) is 10.4. The first-order valence-electron chi connectivity index (χ1n) is 9.81. The van der Waals surface area contributed by atoms with E-state index in [0.29, 0.717) is 24.3 Å². The zero-order valence-electron chi connectivity index (χ0n) is 16.9. The Kier molecular flexibility index (Phi) is 7.42. The molecule has 0 aliphatic rings. The van der Waals surface area contributed by atoms with E-state index in [1.165, 1.54) is 0 Å². The van der Waals surface area contributed by atoms with Crippen LogP contribution in [-0.2, 0) is 0 Å². The fourth-order valence-electron chi connectivity index (χ4n) is 3.05. The Labute approximate surface area is 172 Å². The standard InChI is InChI=1S/C25H27NO3/c1-19(27)10-14-23(22-9-6-16-26-18-22)29-24-15-13-21(17-25(24)28-2)12-11-20-7-4-3-5-8-20/h3-9,11-13,15-19,23,27H,10,14H2,1-2H3/b12-11+. The van der Waals surface area contributed by atoms with Gasteiger partial charge in [0.1, 0.15) is 6.10 Å². The van der Waals surface area contributed by atoms with Gasteiger partial charge in [-0.15, -0.1) is 0 Å². The molecule has 3 rings (SSSR count). The summed E-state index contributed by atoms with van der Waals surface area (Å²) in [7, 11) is 1.64. The number of hydrogen-bond acceptors (Lipinski definition) is 4. The molecular weight excluding hydrogens is 362 g/mol. The summed E-state index contributed by atoms with van der Waals surface area (Å²) < 4.78 is 11.9. The van der Waals surface area contributed by atoms with Crippen LogP contribution in [-0.4, -0.2) is 23.3 Å². The van der Waals surface area contributed by atoms with Crippen LogP contribution in [0.1, 0.15) is 42.6 Å². The monoisotopic (exact) mass is 389 g/mol. The molecule has 0 radical (unpaired) electrons. The summed E-state index contributed by atoms with van der Waals surface area (Å²) in [5.41, 5.74) is 3.14. The van der Waals surface area contributed by atoms with Gasteiger partial charge in [0.05, 0.1) is 13.2 Å². The van der Waals surface area contributed by atoms with Gasteiger partial charge in [0.15, 0.2) is 11.5 Å². The Bertz CT molecular complexity index is 908. The number of aliphatic hydroxyl groups is 1. The molecule has 1 N–H and O–H groups in total. The third kappa shape index (κ3) is 6.19. The van der Waals surface area contributed by atoms with E-state index < -0.39 is 0 Å². The highest BCUT2D eigenvalue weighted by Gasteiger charge is 2.17.